The second-order valence-electron chi connectivity index (χ2n) is 8.65. The number of nitrogens with zero attached hydrogens (tertiary/aromatic N) is 2. The summed E-state index contributed by atoms with van der Waals surface area (Å²) < 4.78 is 42.8. The van der Waals surface area contributed by atoms with Gasteiger partial charge in [-0.25, -0.2) is 13.0 Å². The van der Waals surface area contributed by atoms with Crippen LogP contribution in [0.2, 0.25) is 0 Å². The van der Waals surface area contributed by atoms with Gasteiger partial charge >= 0.3 is 7.82 Å². The minimum Gasteiger partial charge on any atom is -0.396 e. The van der Waals surface area contributed by atoms with Crippen LogP contribution in [-0.2, 0) is 30.4 Å². The Kier molecular flexibility index (Phi) is 9.22. The third kappa shape index (κ3) is 8.22. The standard InChI is InChI=1S/C23H32N3O7PS/c1-19(25-32-17-5-8-20-6-3-2-4-7-20)21-9-11-22(12-10-21)35(30,31)26-15-13-23(24,14-16-26)18-33-34(27,28)29/h2-4,6-7,9-12H,5,8,13-18,24H2,1H3,(H2,27,28,29). The summed E-state index contributed by atoms with van der Waals surface area (Å²) in [6, 6.07) is 16.6. The van der Waals surface area contributed by atoms with Gasteiger partial charge in [-0.1, -0.05) is 47.6 Å². The molecule has 1 aliphatic rings. The Labute approximate surface area is 206 Å². The minimum atomic E-state index is -4.64. The van der Waals surface area contributed by atoms with Crippen molar-refractivity contribution in [2.75, 3.05) is 26.3 Å². The van der Waals surface area contributed by atoms with Crippen LogP contribution in [0.3, 0.4) is 0 Å². The highest BCUT2D eigenvalue weighted by molar-refractivity contribution is 7.89. The van der Waals surface area contributed by atoms with E-state index < -0.39 is 23.4 Å². The van der Waals surface area contributed by atoms with Crippen molar-refractivity contribution < 1.29 is 32.1 Å². The summed E-state index contributed by atoms with van der Waals surface area (Å²) in [6.45, 7) is 2.19. The molecule has 4 N–H and O–H groups in total. The monoisotopic (exact) mass is 525 g/mol. The number of rotatable bonds is 11. The molecular formula is C23H32N3O7PS. The van der Waals surface area contributed by atoms with Gasteiger partial charge in [-0.05, 0) is 55.9 Å². The third-order valence-electron chi connectivity index (χ3n) is 5.89. The zero-order chi connectivity index (χ0) is 25.5. The first kappa shape index (κ1) is 27.5. The number of hydrogen-bond donors (Lipinski definition) is 3. The fraction of sp³-hybridized carbons (Fsp3) is 0.435. The molecule has 0 saturated carbocycles. The smallest absolute Gasteiger partial charge is 0.396 e. The number of oxime groups is 1. The maximum absolute atomic E-state index is 13.0. The molecule has 2 aromatic carbocycles. The van der Waals surface area contributed by atoms with Crippen LogP contribution in [0.5, 0.6) is 0 Å². The molecular weight excluding hydrogens is 493 g/mol. The predicted octanol–water partition coefficient (Wildman–Crippen LogP) is 2.65. The third-order valence-corrected chi connectivity index (χ3v) is 8.27. The van der Waals surface area contributed by atoms with Crippen molar-refractivity contribution in [1.82, 2.24) is 4.31 Å². The van der Waals surface area contributed by atoms with E-state index >= 15 is 0 Å². The topological polar surface area (TPSA) is 152 Å². The van der Waals surface area contributed by atoms with Crippen molar-refractivity contribution in [3.05, 3.63) is 65.7 Å². The highest BCUT2D eigenvalue weighted by atomic mass is 32.2. The van der Waals surface area contributed by atoms with Crippen molar-refractivity contribution >= 4 is 23.6 Å². The molecule has 192 valence electrons. The van der Waals surface area contributed by atoms with Crippen molar-refractivity contribution in [2.24, 2.45) is 10.9 Å². The number of nitrogens with two attached hydrogens (primary N) is 1. The molecule has 0 spiro atoms. The van der Waals surface area contributed by atoms with E-state index in [1.54, 1.807) is 19.1 Å². The van der Waals surface area contributed by atoms with Crippen molar-refractivity contribution in [3.63, 3.8) is 0 Å². The van der Waals surface area contributed by atoms with Crippen LogP contribution in [0.4, 0.5) is 0 Å². The average Bonchev–Trinajstić information content (AvgIpc) is 2.83. The van der Waals surface area contributed by atoms with Gasteiger partial charge in [0.2, 0.25) is 10.0 Å². The zero-order valence-corrected chi connectivity index (χ0v) is 21.3. The lowest BCUT2D eigenvalue weighted by atomic mass is 9.91. The van der Waals surface area contributed by atoms with E-state index in [2.05, 4.69) is 21.8 Å². The van der Waals surface area contributed by atoms with Crippen LogP contribution in [0.1, 0.15) is 37.3 Å². The van der Waals surface area contributed by atoms with Crippen LogP contribution >= 0.6 is 7.82 Å². The van der Waals surface area contributed by atoms with Gasteiger partial charge in [0.1, 0.15) is 6.61 Å². The summed E-state index contributed by atoms with van der Waals surface area (Å²) in [6.07, 6.45) is 2.18. The lowest BCUT2D eigenvalue weighted by Crippen LogP contribution is -2.54. The van der Waals surface area contributed by atoms with Gasteiger partial charge < -0.3 is 20.4 Å². The normalized spacial score (nSPS) is 17.3. The maximum Gasteiger partial charge on any atom is 0.469 e. The molecule has 1 heterocycles. The highest BCUT2D eigenvalue weighted by Crippen LogP contribution is 2.38. The number of benzene rings is 2. The van der Waals surface area contributed by atoms with Gasteiger partial charge in [-0.2, -0.15) is 4.31 Å². The molecule has 0 atom stereocenters. The SMILES string of the molecule is CC(=NOCCCc1ccccc1)c1ccc(S(=O)(=O)N2CCC(N)(COP(=O)(O)O)CC2)cc1. The van der Waals surface area contributed by atoms with Crippen LogP contribution in [-0.4, -0.2) is 60.1 Å². The summed E-state index contributed by atoms with van der Waals surface area (Å²) in [5.41, 5.74) is 7.78. The van der Waals surface area contributed by atoms with E-state index in [1.165, 1.54) is 22.0 Å². The van der Waals surface area contributed by atoms with Crippen LogP contribution < -0.4 is 5.73 Å². The minimum absolute atomic E-state index is 0.127. The van der Waals surface area contributed by atoms with E-state index in [9.17, 15) is 13.0 Å². The molecule has 1 fully saturated rings. The summed E-state index contributed by atoms with van der Waals surface area (Å²) in [4.78, 5) is 23.3. The van der Waals surface area contributed by atoms with Gasteiger partial charge in [0.15, 0.2) is 0 Å². The molecule has 0 aliphatic carbocycles. The lowest BCUT2D eigenvalue weighted by Gasteiger charge is -2.38. The molecule has 12 heteroatoms. The van der Waals surface area contributed by atoms with E-state index in [4.69, 9.17) is 20.4 Å². The number of piperidine rings is 1. The van der Waals surface area contributed by atoms with E-state index in [0.717, 1.165) is 18.4 Å². The van der Waals surface area contributed by atoms with Gasteiger partial charge in [0.05, 0.1) is 17.2 Å². The molecule has 1 aliphatic heterocycles. The van der Waals surface area contributed by atoms with E-state index in [1.807, 2.05) is 18.2 Å². The molecule has 1 saturated heterocycles. The molecule has 0 bridgehead atoms. The molecule has 3 rings (SSSR count). The average molecular weight is 526 g/mol. The summed E-state index contributed by atoms with van der Waals surface area (Å²) >= 11 is 0. The molecule has 10 nitrogen and oxygen atoms in total. The van der Waals surface area contributed by atoms with Crippen molar-refractivity contribution in [2.45, 2.75) is 43.0 Å². The maximum atomic E-state index is 13.0. The largest absolute Gasteiger partial charge is 0.469 e. The fourth-order valence-electron chi connectivity index (χ4n) is 3.73. The molecule has 0 radical (unpaired) electrons. The molecule has 0 aromatic heterocycles. The quantitative estimate of drug-likeness (QED) is 0.175. The van der Waals surface area contributed by atoms with Gasteiger partial charge in [-0.15, -0.1) is 0 Å². The molecule has 0 amide bonds. The number of phosphoric acid groups is 1. The second-order valence-corrected chi connectivity index (χ2v) is 11.8. The van der Waals surface area contributed by atoms with Gasteiger partial charge in [-0.3, -0.25) is 4.52 Å². The Morgan fingerprint density at radius 1 is 1.11 bits per heavy atom. The summed E-state index contributed by atoms with van der Waals surface area (Å²) in [7, 11) is -8.37. The van der Waals surface area contributed by atoms with Crippen LogP contribution in [0.15, 0.2) is 64.6 Å². The predicted molar refractivity (Wildman–Crippen MR) is 132 cm³/mol. The Bertz CT molecular complexity index is 1140. The molecule has 35 heavy (non-hydrogen) atoms. The first-order valence-electron chi connectivity index (χ1n) is 11.3. The summed E-state index contributed by atoms with van der Waals surface area (Å²) in [5, 5.41) is 4.13. The fourth-order valence-corrected chi connectivity index (χ4v) is 5.59. The number of sulfonamides is 1. The first-order valence-corrected chi connectivity index (χ1v) is 14.3. The van der Waals surface area contributed by atoms with Gasteiger partial charge in [0.25, 0.3) is 0 Å². The summed E-state index contributed by atoms with van der Waals surface area (Å²) in [5.74, 6) is 0. The Morgan fingerprint density at radius 3 is 2.34 bits per heavy atom. The van der Waals surface area contributed by atoms with E-state index in [0.29, 0.717) is 12.3 Å². The van der Waals surface area contributed by atoms with Crippen LogP contribution in [0.25, 0.3) is 0 Å². The number of phosphoric ester groups is 1. The lowest BCUT2D eigenvalue weighted by molar-refractivity contribution is 0.119. The van der Waals surface area contributed by atoms with Crippen molar-refractivity contribution in [3.8, 4) is 0 Å². The Morgan fingerprint density at radius 2 is 1.74 bits per heavy atom. The van der Waals surface area contributed by atoms with Crippen LogP contribution in [0, 0.1) is 0 Å². The van der Waals surface area contributed by atoms with E-state index in [-0.39, 0.29) is 37.4 Å². The zero-order valence-electron chi connectivity index (χ0n) is 19.6. The van der Waals surface area contributed by atoms with Crippen molar-refractivity contribution in [1.29, 1.82) is 0 Å². The Hall–Kier alpha value is -2.11. The number of aryl methyl sites for hydroxylation is 1. The molecule has 0 unspecified atom stereocenters. The first-order chi connectivity index (χ1) is 16.5. The van der Waals surface area contributed by atoms with Gasteiger partial charge in [0, 0.05) is 18.6 Å². The highest BCUT2D eigenvalue weighted by Gasteiger charge is 2.37. The second kappa shape index (κ2) is 11.7. The Balaban J connectivity index is 1.51. The molecule has 2 aromatic rings. The number of hydrogen-bond acceptors (Lipinski definition) is 7.